The molecule has 1 rings (SSSR count). The van der Waals surface area contributed by atoms with Crippen LogP contribution >= 0.6 is 22.6 Å². The van der Waals surface area contributed by atoms with Gasteiger partial charge in [-0.1, -0.05) is 22.6 Å². The molecule has 1 heterocycles. The van der Waals surface area contributed by atoms with Crippen molar-refractivity contribution in [1.82, 2.24) is 0 Å². The lowest BCUT2D eigenvalue weighted by Crippen LogP contribution is -2.86. The van der Waals surface area contributed by atoms with Crippen LogP contribution in [0.25, 0.3) is 0 Å². The number of hydrogen-bond acceptors (Lipinski definition) is 4. The van der Waals surface area contributed by atoms with Crippen LogP contribution in [0.5, 0.6) is 0 Å². The van der Waals surface area contributed by atoms with Crippen molar-refractivity contribution in [3.8, 4) is 0 Å². The zero-order valence-corrected chi connectivity index (χ0v) is 16.8. The molecule has 134 valence electrons. The van der Waals surface area contributed by atoms with E-state index in [1.54, 1.807) is 0 Å². The Labute approximate surface area is 153 Å². The molecule has 0 aromatic rings. The summed E-state index contributed by atoms with van der Waals surface area (Å²) in [5.41, 5.74) is -0.364. The standard InChI is InChI=1S/C17H30INO4/c1-13(18)16(21)22-12-6-4-5-7-15(20)23-17(2,3)14-8-10-19-11-9-14/h13-14,19H,4-12H2,1-3H3/p+1. The van der Waals surface area contributed by atoms with Gasteiger partial charge in [0.25, 0.3) is 0 Å². The summed E-state index contributed by atoms with van der Waals surface area (Å²) in [4.78, 5) is 23.3. The van der Waals surface area contributed by atoms with E-state index in [0.717, 1.165) is 45.2 Å². The van der Waals surface area contributed by atoms with Gasteiger partial charge in [-0.15, -0.1) is 0 Å². The highest BCUT2D eigenvalue weighted by molar-refractivity contribution is 14.1. The largest absolute Gasteiger partial charge is 0.465 e. The molecule has 0 aliphatic carbocycles. The SMILES string of the molecule is CC(I)C(=O)OCCCCCC(=O)OC(C)(C)C1CC[NH2+]CC1. The molecule has 1 aliphatic rings. The molecule has 0 aromatic heterocycles. The molecule has 1 unspecified atom stereocenters. The number of quaternary nitrogens is 1. The minimum atomic E-state index is -0.364. The van der Waals surface area contributed by atoms with Crippen molar-refractivity contribution < 1.29 is 24.4 Å². The van der Waals surface area contributed by atoms with E-state index in [-0.39, 0.29) is 21.5 Å². The summed E-state index contributed by atoms with van der Waals surface area (Å²) in [6, 6.07) is 0. The molecule has 0 radical (unpaired) electrons. The third-order valence-corrected chi connectivity index (χ3v) is 4.90. The summed E-state index contributed by atoms with van der Waals surface area (Å²) in [6.07, 6.45) is 5.12. The van der Waals surface area contributed by atoms with Crippen LogP contribution in [-0.2, 0) is 19.1 Å². The number of piperidine rings is 1. The summed E-state index contributed by atoms with van der Waals surface area (Å²) in [5.74, 6) is 0.185. The van der Waals surface area contributed by atoms with Crippen LogP contribution < -0.4 is 5.32 Å². The van der Waals surface area contributed by atoms with Gasteiger partial charge in [0.05, 0.1) is 19.7 Å². The number of esters is 2. The monoisotopic (exact) mass is 440 g/mol. The highest BCUT2D eigenvalue weighted by Crippen LogP contribution is 2.28. The Morgan fingerprint density at radius 1 is 1.22 bits per heavy atom. The van der Waals surface area contributed by atoms with E-state index in [0.29, 0.717) is 18.9 Å². The van der Waals surface area contributed by atoms with Gasteiger partial charge in [-0.3, -0.25) is 9.59 Å². The zero-order valence-electron chi connectivity index (χ0n) is 14.6. The fourth-order valence-corrected chi connectivity index (χ4v) is 3.07. The van der Waals surface area contributed by atoms with Crippen LogP contribution in [0, 0.1) is 5.92 Å². The molecule has 2 N–H and O–H groups in total. The van der Waals surface area contributed by atoms with E-state index in [1.165, 1.54) is 0 Å². The van der Waals surface area contributed by atoms with Crippen LogP contribution in [0.3, 0.4) is 0 Å². The first-order valence-corrected chi connectivity index (χ1v) is 9.91. The average Bonchev–Trinajstić information content (AvgIpc) is 2.50. The second-order valence-electron chi connectivity index (χ2n) is 6.81. The highest BCUT2D eigenvalue weighted by atomic mass is 127. The maximum atomic E-state index is 12.0. The number of ether oxygens (including phenoxy) is 2. The van der Waals surface area contributed by atoms with Crippen LogP contribution in [0.15, 0.2) is 0 Å². The topological polar surface area (TPSA) is 69.2 Å². The molecule has 1 fully saturated rings. The normalized spacial score (nSPS) is 17.6. The summed E-state index contributed by atoms with van der Waals surface area (Å²) < 4.78 is 10.7. The Hall–Kier alpha value is -0.370. The molecule has 0 amide bonds. The van der Waals surface area contributed by atoms with Gasteiger partial charge in [0.15, 0.2) is 0 Å². The molecular weight excluding hydrogens is 409 g/mol. The molecule has 1 aliphatic heterocycles. The summed E-state index contributed by atoms with van der Waals surface area (Å²) in [6.45, 7) is 8.56. The molecule has 0 aromatic carbocycles. The van der Waals surface area contributed by atoms with E-state index in [9.17, 15) is 9.59 Å². The molecule has 0 spiro atoms. The number of rotatable bonds is 9. The van der Waals surface area contributed by atoms with Crippen molar-refractivity contribution in [2.45, 2.75) is 68.8 Å². The van der Waals surface area contributed by atoms with Crippen molar-refractivity contribution in [2.75, 3.05) is 19.7 Å². The molecule has 0 saturated carbocycles. The van der Waals surface area contributed by atoms with Crippen LogP contribution in [0.4, 0.5) is 0 Å². The van der Waals surface area contributed by atoms with Gasteiger partial charge < -0.3 is 14.8 Å². The summed E-state index contributed by atoms with van der Waals surface area (Å²) in [7, 11) is 0. The molecule has 5 nitrogen and oxygen atoms in total. The highest BCUT2D eigenvalue weighted by Gasteiger charge is 2.35. The molecule has 1 saturated heterocycles. The third-order valence-electron chi connectivity index (χ3n) is 4.39. The number of hydrogen-bond donors (Lipinski definition) is 1. The number of carbonyl (C=O) groups excluding carboxylic acids is 2. The Morgan fingerprint density at radius 2 is 1.87 bits per heavy atom. The molecule has 23 heavy (non-hydrogen) atoms. The van der Waals surface area contributed by atoms with Gasteiger partial charge in [0, 0.05) is 25.2 Å². The van der Waals surface area contributed by atoms with E-state index in [2.05, 4.69) is 5.32 Å². The minimum absolute atomic E-state index is 0.109. The van der Waals surface area contributed by atoms with Crippen molar-refractivity contribution in [3.63, 3.8) is 0 Å². The predicted octanol–water partition coefficient (Wildman–Crippen LogP) is 2.21. The quantitative estimate of drug-likeness (QED) is 0.258. The number of unbranched alkanes of at least 4 members (excludes halogenated alkanes) is 2. The van der Waals surface area contributed by atoms with Crippen molar-refractivity contribution in [3.05, 3.63) is 0 Å². The van der Waals surface area contributed by atoms with Crippen LogP contribution in [0.2, 0.25) is 0 Å². The van der Waals surface area contributed by atoms with Crippen LogP contribution in [-0.4, -0.2) is 41.2 Å². The van der Waals surface area contributed by atoms with Gasteiger partial charge in [-0.2, -0.15) is 0 Å². The first-order chi connectivity index (χ1) is 10.8. The fourth-order valence-electron chi connectivity index (χ4n) is 2.89. The van der Waals surface area contributed by atoms with Crippen molar-refractivity contribution >= 4 is 34.5 Å². The first kappa shape index (κ1) is 20.7. The number of alkyl halides is 1. The summed E-state index contributed by atoms with van der Waals surface area (Å²) >= 11 is 2.04. The Balaban J connectivity index is 2.13. The van der Waals surface area contributed by atoms with Gasteiger partial charge in [-0.05, 0) is 40.0 Å². The lowest BCUT2D eigenvalue weighted by Gasteiger charge is -2.35. The summed E-state index contributed by atoms with van der Waals surface area (Å²) in [5, 5.41) is 2.32. The Bertz CT molecular complexity index is 379. The minimum Gasteiger partial charge on any atom is -0.465 e. The maximum absolute atomic E-state index is 12.0. The molecular formula is C17H31INO4+. The van der Waals surface area contributed by atoms with Gasteiger partial charge in [0.1, 0.15) is 9.53 Å². The van der Waals surface area contributed by atoms with Crippen LogP contribution in [0.1, 0.15) is 59.3 Å². The third kappa shape index (κ3) is 8.33. The number of halogens is 1. The molecule has 1 atom stereocenters. The zero-order chi connectivity index (χ0) is 17.3. The van der Waals surface area contributed by atoms with E-state index >= 15 is 0 Å². The van der Waals surface area contributed by atoms with E-state index in [1.807, 2.05) is 43.4 Å². The van der Waals surface area contributed by atoms with E-state index in [4.69, 9.17) is 9.47 Å². The second kappa shape index (κ2) is 10.5. The second-order valence-corrected chi connectivity index (χ2v) is 8.68. The molecule has 6 heteroatoms. The van der Waals surface area contributed by atoms with Crippen molar-refractivity contribution in [1.29, 1.82) is 0 Å². The maximum Gasteiger partial charge on any atom is 0.318 e. The first-order valence-electron chi connectivity index (χ1n) is 8.67. The number of nitrogens with two attached hydrogens (primary N) is 1. The molecule has 0 bridgehead atoms. The lowest BCUT2D eigenvalue weighted by molar-refractivity contribution is -0.665. The Kier molecular flexibility index (Phi) is 9.43. The Morgan fingerprint density at radius 3 is 2.48 bits per heavy atom. The van der Waals surface area contributed by atoms with Crippen molar-refractivity contribution in [2.24, 2.45) is 5.92 Å². The lowest BCUT2D eigenvalue weighted by atomic mass is 9.83. The predicted molar refractivity (Wildman–Crippen MR) is 97.5 cm³/mol. The van der Waals surface area contributed by atoms with Gasteiger partial charge in [-0.25, -0.2) is 0 Å². The number of carbonyl (C=O) groups is 2. The van der Waals surface area contributed by atoms with Gasteiger partial charge in [0.2, 0.25) is 0 Å². The average molecular weight is 440 g/mol. The van der Waals surface area contributed by atoms with E-state index < -0.39 is 0 Å². The van der Waals surface area contributed by atoms with Gasteiger partial charge >= 0.3 is 11.9 Å². The smallest absolute Gasteiger partial charge is 0.318 e. The fraction of sp³-hybridized carbons (Fsp3) is 0.882.